The van der Waals surface area contributed by atoms with Crippen molar-refractivity contribution in [3.63, 3.8) is 0 Å². The number of hydrogen-bond donors (Lipinski definition) is 2. The molecule has 1 aliphatic heterocycles. The highest BCUT2D eigenvalue weighted by Crippen LogP contribution is 2.18. The Morgan fingerprint density at radius 1 is 1.60 bits per heavy atom. The van der Waals surface area contributed by atoms with Crippen LogP contribution in [0.1, 0.15) is 13.3 Å². The highest BCUT2D eigenvalue weighted by Gasteiger charge is 2.31. The van der Waals surface area contributed by atoms with Gasteiger partial charge in [0.1, 0.15) is 0 Å². The Labute approximate surface area is 89.6 Å². The van der Waals surface area contributed by atoms with Crippen LogP contribution >= 0.6 is 0 Å². The lowest BCUT2D eigenvalue weighted by atomic mass is 10.1. The first kappa shape index (κ1) is 12.4. The number of rotatable bonds is 4. The SMILES string of the molecule is CC(N)CN1CC(CS(N)(=O)=O)CC1=O. The van der Waals surface area contributed by atoms with E-state index in [1.165, 1.54) is 0 Å². The fourth-order valence-electron chi connectivity index (χ4n) is 1.82. The van der Waals surface area contributed by atoms with E-state index in [-0.39, 0.29) is 30.0 Å². The van der Waals surface area contributed by atoms with Gasteiger partial charge in [-0.1, -0.05) is 0 Å². The van der Waals surface area contributed by atoms with Crippen LogP contribution in [0.2, 0.25) is 0 Å². The molecule has 88 valence electrons. The van der Waals surface area contributed by atoms with Crippen molar-refractivity contribution >= 4 is 15.9 Å². The monoisotopic (exact) mass is 235 g/mol. The largest absolute Gasteiger partial charge is 0.341 e. The molecule has 1 heterocycles. The third kappa shape index (κ3) is 4.15. The molecule has 1 aliphatic rings. The van der Waals surface area contributed by atoms with Gasteiger partial charge in [-0.25, -0.2) is 13.6 Å². The van der Waals surface area contributed by atoms with Crippen molar-refractivity contribution in [1.29, 1.82) is 0 Å². The molecule has 15 heavy (non-hydrogen) atoms. The number of hydrogen-bond acceptors (Lipinski definition) is 4. The Hall–Kier alpha value is -0.660. The van der Waals surface area contributed by atoms with Crippen molar-refractivity contribution in [2.45, 2.75) is 19.4 Å². The van der Waals surface area contributed by atoms with Gasteiger partial charge in [-0.3, -0.25) is 4.79 Å². The number of nitrogens with zero attached hydrogens (tertiary/aromatic N) is 1. The zero-order chi connectivity index (χ0) is 11.6. The molecule has 0 saturated carbocycles. The predicted molar refractivity (Wildman–Crippen MR) is 56.3 cm³/mol. The van der Waals surface area contributed by atoms with Crippen LogP contribution in [0, 0.1) is 5.92 Å². The number of likely N-dealkylation sites (tertiary alicyclic amines) is 1. The number of amides is 1. The van der Waals surface area contributed by atoms with Gasteiger partial charge in [0.2, 0.25) is 15.9 Å². The Kier molecular flexibility index (Phi) is 3.69. The standard InChI is InChI=1S/C8H17N3O3S/c1-6(9)3-11-4-7(2-8(11)12)5-15(10,13)14/h6-7H,2-5,9H2,1H3,(H2,10,13,14). The molecule has 0 aromatic rings. The first-order valence-electron chi connectivity index (χ1n) is 4.82. The second-order valence-corrected chi connectivity index (χ2v) is 5.83. The summed E-state index contributed by atoms with van der Waals surface area (Å²) in [6.07, 6.45) is 0.253. The van der Waals surface area contributed by atoms with Crippen LogP contribution in [0.15, 0.2) is 0 Å². The van der Waals surface area contributed by atoms with E-state index < -0.39 is 10.0 Å². The van der Waals surface area contributed by atoms with Gasteiger partial charge in [0.25, 0.3) is 0 Å². The topological polar surface area (TPSA) is 106 Å². The van der Waals surface area contributed by atoms with E-state index in [1.807, 2.05) is 0 Å². The highest BCUT2D eigenvalue weighted by molar-refractivity contribution is 7.89. The van der Waals surface area contributed by atoms with Crippen LogP contribution in [-0.2, 0) is 14.8 Å². The number of carbonyl (C=O) groups is 1. The molecule has 2 unspecified atom stereocenters. The second kappa shape index (κ2) is 4.46. The van der Waals surface area contributed by atoms with Crippen molar-refractivity contribution in [3.8, 4) is 0 Å². The van der Waals surface area contributed by atoms with Crippen molar-refractivity contribution in [3.05, 3.63) is 0 Å². The third-order valence-corrected chi connectivity index (χ3v) is 3.21. The molecule has 0 aromatic heterocycles. The maximum Gasteiger partial charge on any atom is 0.223 e. The number of sulfonamides is 1. The summed E-state index contributed by atoms with van der Waals surface area (Å²) >= 11 is 0. The first-order valence-corrected chi connectivity index (χ1v) is 6.53. The van der Waals surface area contributed by atoms with Crippen LogP contribution in [0.25, 0.3) is 0 Å². The summed E-state index contributed by atoms with van der Waals surface area (Å²) in [5.41, 5.74) is 5.57. The van der Waals surface area contributed by atoms with Crippen molar-refractivity contribution in [2.75, 3.05) is 18.8 Å². The summed E-state index contributed by atoms with van der Waals surface area (Å²) in [7, 11) is -3.49. The van der Waals surface area contributed by atoms with Crippen LogP contribution in [0.5, 0.6) is 0 Å². The summed E-state index contributed by atoms with van der Waals surface area (Å²) in [6.45, 7) is 2.72. The molecule has 1 saturated heterocycles. The lowest BCUT2D eigenvalue weighted by Gasteiger charge is -2.18. The van der Waals surface area contributed by atoms with Crippen LogP contribution in [-0.4, -0.2) is 44.1 Å². The number of nitrogens with two attached hydrogens (primary N) is 2. The van der Waals surface area contributed by atoms with E-state index in [2.05, 4.69) is 0 Å². The molecule has 0 aliphatic carbocycles. The van der Waals surface area contributed by atoms with Gasteiger partial charge >= 0.3 is 0 Å². The van der Waals surface area contributed by atoms with Gasteiger partial charge < -0.3 is 10.6 Å². The lowest BCUT2D eigenvalue weighted by Crippen LogP contribution is -2.37. The van der Waals surface area contributed by atoms with E-state index in [1.54, 1.807) is 11.8 Å². The van der Waals surface area contributed by atoms with Crippen LogP contribution in [0.3, 0.4) is 0 Å². The minimum Gasteiger partial charge on any atom is -0.341 e. The normalized spacial score (nSPS) is 24.6. The van der Waals surface area contributed by atoms with Gasteiger partial charge in [-0.05, 0) is 6.92 Å². The smallest absolute Gasteiger partial charge is 0.223 e. The van der Waals surface area contributed by atoms with E-state index >= 15 is 0 Å². The van der Waals surface area contributed by atoms with Crippen molar-refractivity contribution in [1.82, 2.24) is 4.90 Å². The van der Waals surface area contributed by atoms with Crippen LogP contribution < -0.4 is 10.9 Å². The maximum absolute atomic E-state index is 11.4. The lowest BCUT2D eigenvalue weighted by molar-refractivity contribution is -0.127. The molecule has 0 bridgehead atoms. The Balaban J connectivity index is 2.52. The fourth-order valence-corrected chi connectivity index (χ4v) is 2.70. The van der Waals surface area contributed by atoms with Crippen molar-refractivity contribution < 1.29 is 13.2 Å². The fraction of sp³-hybridized carbons (Fsp3) is 0.875. The molecular formula is C8H17N3O3S. The molecule has 2 atom stereocenters. The zero-order valence-electron chi connectivity index (χ0n) is 8.72. The molecule has 1 amide bonds. The Bertz CT molecular complexity index is 339. The Morgan fingerprint density at radius 2 is 2.20 bits per heavy atom. The average molecular weight is 235 g/mol. The summed E-state index contributed by atoms with van der Waals surface area (Å²) in [5.74, 6) is -0.360. The van der Waals surface area contributed by atoms with Gasteiger partial charge in [0, 0.05) is 31.5 Å². The second-order valence-electron chi connectivity index (χ2n) is 4.18. The molecular weight excluding hydrogens is 218 g/mol. The Morgan fingerprint density at radius 3 is 2.67 bits per heavy atom. The molecule has 6 nitrogen and oxygen atoms in total. The molecule has 7 heteroatoms. The van der Waals surface area contributed by atoms with Crippen molar-refractivity contribution in [2.24, 2.45) is 16.8 Å². The van der Waals surface area contributed by atoms with Gasteiger partial charge in [-0.15, -0.1) is 0 Å². The number of primary sulfonamides is 1. The molecule has 0 radical (unpaired) electrons. The van der Waals surface area contributed by atoms with Gasteiger partial charge in [0.15, 0.2) is 0 Å². The number of carbonyl (C=O) groups excluding carboxylic acids is 1. The summed E-state index contributed by atoms with van der Waals surface area (Å²) in [4.78, 5) is 13.0. The van der Waals surface area contributed by atoms with E-state index in [9.17, 15) is 13.2 Å². The zero-order valence-corrected chi connectivity index (χ0v) is 9.53. The maximum atomic E-state index is 11.4. The third-order valence-electron chi connectivity index (χ3n) is 2.27. The minimum atomic E-state index is -3.49. The summed E-state index contributed by atoms with van der Waals surface area (Å²) in [5, 5.41) is 4.93. The summed E-state index contributed by atoms with van der Waals surface area (Å²) in [6, 6.07) is -0.0952. The molecule has 0 aromatic carbocycles. The molecule has 1 rings (SSSR count). The first-order chi connectivity index (χ1) is 6.78. The summed E-state index contributed by atoms with van der Waals surface area (Å²) < 4.78 is 21.7. The van der Waals surface area contributed by atoms with E-state index in [4.69, 9.17) is 10.9 Å². The van der Waals surface area contributed by atoms with Crippen LogP contribution in [0.4, 0.5) is 0 Å². The molecule has 4 N–H and O–H groups in total. The average Bonchev–Trinajstić information content (AvgIpc) is 2.26. The quantitative estimate of drug-likeness (QED) is 0.616. The van der Waals surface area contributed by atoms with Gasteiger partial charge in [0.05, 0.1) is 5.75 Å². The minimum absolute atomic E-state index is 0.0408. The van der Waals surface area contributed by atoms with Gasteiger partial charge in [-0.2, -0.15) is 0 Å². The van der Waals surface area contributed by atoms with E-state index in [0.717, 1.165) is 0 Å². The molecule has 1 fully saturated rings. The van der Waals surface area contributed by atoms with E-state index in [0.29, 0.717) is 13.1 Å². The molecule has 0 spiro atoms. The predicted octanol–water partition coefficient (Wildman–Crippen LogP) is -1.53. The highest BCUT2D eigenvalue weighted by atomic mass is 32.2.